The predicted molar refractivity (Wildman–Crippen MR) is 131 cm³/mol. The Hall–Kier alpha value is -2.84. The molecule has 0 fully saturated rings. The van der Waals surface area contributed by atoms with Crippen molar-refractivity contribution >= 4 is 43.2 Å². The molecule has 3 aromatic rings. The number of anilines is 2. The molecule has 168 valence electrons. The molecule has 2 N–H and O–H groups in total. The summed E-state index contributed by atoms with van der Waals surface area (Å²) in [6, 6.07) is 20.4. The first kappa shape index (κ1) is 23.8. The molecule has 0 aliphatic heterocycles. The first-order valence-corrected chi connectivity index (χ1v) is 12.4. The number of nitrogens with one attached hydrogen (secondary N) is 2. The van der Waals surface area contributed by atoms with Crippen molar-refractivity contribution in [2.45, 2.75) is 37.7 Å². The fourth-order valence-corrected chi connectivity index (χ4v) is 4.33. The van der Waals surface area contributed by atoms with E-state index in [1.54, 1.807) is 43.3 Å². The van der Waals surface area contributed by atoms with E-state index < -0.39 is 16.1 Å². The van der Waals surface area contributed by atoms with Crippen molar-refractivity contribution in [2.75, 3.05) is 10.0 Å². The molecular formula is C24H25BrN2O4S. The van der Waals surface area contributed by atoms with Gasteiger partial charge in [0, 0.05) is 15.8 Å². The second kappa shape index (κ2) is 10.2. The molecule has 0 radical (unpaired) electrons. The molecule has 32 heavy (non-hydrogen) atoms. The molecular weight excluding hydrogens is 492 g/mol. The largest absolute Gasteiger partial charge is 0.481 e. The number of carbonyl (C=O) groups excluding carboxylic acids is 1. The topological polar surface area (TPSA) is 84.5 Å². The number of ether oxygens (including phenoxy) is 1. The van der Waals surface area contributed by atoms with Crippen molar-refractivity contribution in [2.24, 2.45) is 0 Å². The Morgan fingerprint density at radius 1 is 0.875 bits per heavy atom. The second-order valence-corrected chi connectivity index (χ2v) is 10.2. The third-order valence-electron chi connectivity index (χ3n) is 4.74. The van der Waals surface area contributed by atoms with Crippen LogP contribution in [0.2, 0.25) is 0 Å². The summed E-state index contributed by atoms with van der Waals surface area (Å²) in [6.45, 7) is 5.80. The quantitative estimate of drug-likeness (QED) is 0.397. The highest BCUT2D eigenvalue weighted by atomic mass is 79.9. The Bertz CT molecular complexity index is 1180. The first-order chi connectivity index (χ1) is 15.2. The van der Waals surface area contributed by atoms with Gasteiger partial charge in [-0.15, -0.1) is 0 Å². The van der Waals surface area contributed by atoms with Crippen LogP contribution in [0.1, 0.15) is 32.3 Å². The van der Waals surface area contributed by atoms with Crippen LogP contribution in [0.4, 0.5) is 11.4 Å². The van der Waals surface area contributed by atoms with Gasteiger partial charge in [0.05, 0.1) is 4.90 Å². The highest BCUT2D eigenvalue weighted by Gasteiger charge is 2.18. The van der Waals surface area contributed by atoms with Crippen molar-refractivity contribution in [3.8, 4) is 5.75 Å². The Labute approximate surface area is 197 Å². The lowest BCUT2D eigenvalue weighted by Crippen LogP contribution is -2.30. The first-order valence-electron chi connectivity index (χ1n) is 10.1. The average Bonchev–Trinajstić information content (AvgIpc) is 2.76. The van der Waals surface area contributed by atoms with Gasteiger partial charge in [-0.05, 0) is 73.0 Å². The van der Waals surface area contributed by atoms with Crippen LogP contribution in [0.25, 0.3) is 0 Å². The highest BCUT2D eigenvalue weighted by molar-refractivity contribution is 9.10. The summed E-state index contributed by atoms with van der Waals surface area (Å²) in [4.78, 5) is 12.7. The molecule has 3 rings (SSSR count). The van der Waals surface area contributed by atoms with Gasteiger partial charge in [-0.25, -0.2) is 8.42 Å². The molecule has 0 bridgehead atoms. The number of hydrogen-bond donors (Lipinski definition) is 2. The van der Waals surface area contributed by atoms with Crippen molar-refractivity contribution in [3.63, 3.8) is 0 Å². The van der Waals surface area contributed by atoms with Crippen LogP contribution in [-0.2, 0) is 14.8 Å². The third-order valence-corrected chi connectivity index (χ3v) is 6.67. The van der Waals surface area contributed by atoms with Gasteiger partial charge < -0.3 is 10.1 Å². The van der Waals surface area contributed by atoms with E-state index in [4.69, 9.17) is 4.74 Å². The Morgan fingerprint density at radius 3 is 2.09 bits per heavy atom. The fraction of sp³-hybridized carbons (Fsp3) is 0.208. The summed E-state index contributed by atoms with van der Waals surface area (Å²) in [6.07, 6.45) is -0.725. The van der Waals surface area contributed by atoms with E-state index in [1.807, 2.05) is 24.3 Å². The number of hydrogen-bond acceptors (Lipinski definition) is 4. The number of benzene rings is 3. The lowest BCUT2D eigenvalue weighted by atomic mass is 10.0. The zero-order valence-electron chi connectivity index (χ0n) is 18.0. The predicted octanol–water partition coefficient (Wildman–Crippen LogP) is 5.78. The van der Waals surface area contributed by atoms with Crippen molar-refractivity contribution in [1.82, 2.24) is 0 Å². The molecule has 0 saturated heterocycles. The summed E-state index contributed by atoms with van der Waals surface area (Å²) < 4.78 is 34.4. The maximum absolute atomic E-state index is 12.6. The number of para-hydroxylation sites is 1. The van der Waals surface area contributed by atoms with E-state index >= 15 is 0 Å². The molecule has 0 unspecified atom stereocenters. The summed E-state index contributed by atoms with van der Waals surface area (Å²) >= 11 is 3.32. The van der Waals surface area contributed by atoms with Crippen molar-refractivity contribution in [3.05, 3.63) is 82.8 Å². The maximum Gasteiger partial charge on any atom is 0.265 e. The Morgan fingerprint density at radius 2 is 1.47 bits per heavy atom. The van der Waals surface area contributed by atoms with Crippen LogP contribution in [0.5, 0.6) is 5.75 Å². The van der Waals surface area contributed by atoms with Crippen LogP contribution >= 0.6 is 15.9 Å². The van der Waals surface area contributed by atoms with E-state index in [-0.39, 0.29) is 16.7 Å². The molecule has 3 aromatic carbocycles. The number of halogens is 1. The molecule has 0 saturated carbocycles. The monoisotopic (exact) mass is 516 g/mol. The third kappa shape index (κ3) is 6.11. The molecule has 0 spiro atoms. The Kier molecular flexibility index (Phi) is 7.58. The normalized spacial score (nSPS) is 12.3. The van der Waals surface area contributed by atoms with Gasteiger partial charge in [-0.3, -0.25) is 9.52 Å². The molecule has 0 aromatic heterocycles. The number of sulfonamides is 1. The smallest absolute Gasteiger partial charge is 0.265 e. The van der Waals surface area contributed by atoms with E-state index in [9.17, 15) is 13.2 Å². The minimum atomic E-state index is -3.74. The SMILES string of the molecule is CC(C)c1ccccc1O[C@@H](C)C(=O)Nc1ccc(S(=O)(=O)Nc2ccc(Br)cc2)cc1. The van der Waals surface area contributed by atoms with Gasteiger partial charge in [-0.2, -0.15) is 0 Å². The van der Waals surface area contributed by atoms with Gasteiger partial charge in [0.2, 0.25) is 0 Å². The molecule has 0 aliphatic carbocycles. The van der Waals surface area contributed by atoms with Gasteiger partial charge in [0.25, 0.3) is 15.9 Å². The van der Waals surface area contributed by atoms with E-state index in [2.05, 4.69) is 39.8 Å². The minimum Gasteiger partial charge on any atom is -0.481 e. The fourth-order valence-electron chi connectivity index (χ4n) is 3.00. The number of amides is 1. The van der Waals surface area contributed by atoms with Crippen LogP contribution in [-0.4, -0.2) is 20.4 Å². The van der Waals surface area contributed by atoms with Crippen molar-refractivity contribution < 1.29 is 17.9 Å². The van der Waals surface area contributed by atoms with E-state index in [0.717, 1.165) is 10.0 Å². The van der Waals surface area contributed by atoms with Gasteiger partial charge in [-0.1, -0.05) is 48.0 Å². The molecule has 0 heterocycles. The van der Waals surface area contributed by atoms with Gasteiger partial charge in [0.15, 0.2) is 6.10 Å². The zero-order valence-corrected chi connectivity index (χ0v) is 20.4. The van der Waals surface area contributed by atoms with Crippen LogP contribution in [0.15, 0.2) is 82.2 Å². The number of rotatable bonds is 8. The Balaban J connectivity index is 1.64. The van der Waals surface area contributed by atoms with E-state index in [1.165, 1.54) is 12.1 Å². The average molecular weight is 517 g/mol. The molecule has 6 nitrogen and oxygen atoms in total. The van der Waals surface area contributed by atoms with E-state index in [0.29, 0.717) is 17.1 Å². The molecule has 1 amide bonds. The van der Waals surface area contributed by atoms with Crippen LogP contribution in [0, 0.1) is 0 Å². The minimum absolute atomic E-state index is 0.0913. The van der Waals surface area contributed by atoms with Crippen LogP contribution in [0.3, 0.4) is 0 Å². The lowest BCUT2D eigenvalue weighted by molar-refractivity contribution is -0.122. The summed E-state index contributed by atoms with van der Waals surface area (Å²) in [7, 11) is -3.74. The highest BCUT2D eigenvalue weighted by Crippen LogP contribution is 2.27. The number of carbonyl (C=O) groups is 1. The lowest BCUT2D eigenvalue weighted by Gasteiger charge is -2.18. The molecule has 8 heteroatoms. The summed E-state index contributed by atoms with van der Waals surface area (Å²) in [5, 5.41) is 2.76. The van der Waals surface area contributed by atoms with Crippen molar-refractivity contribution in [1.29, 1.82) is 0 Å². The second-order valence-electron chi connectivity index (χ2n) is 7.58. The van der Waals surface area contributed by atoms with Gasteiger partial charge in [0.1, 0.15) is 5.75 Å². The summed E-state index contributed by atoms with van der Waals surface area (Å²) in [5.41, 5.74) is 1.96. The zero-order chi connectivity index (χ0) is 23.3. The van der Waals surface area contributed by atoms with Gasteiger partial charge >= 0.3 is 0 Å². The standard InChI is InChI=1S/C24H25BrN2O4S/c1-16(2)22-6-4-5-7-23(22)31-17(3)24(28)26-19-12-14-21(15-13-19)32(29,30)27-20-10-8-18(25)9-11-20/h4-17,27H,1-3H3,(H,26,28)/t17-/m0/s1. The maximum atomic E-state index is 12.6. The summed E-state index contributed by atoms with van der Waals surface area (Å²) in [5.74, 6) is 0.611. The van der Waals surface area contributed by atoms with Crippen LogP contribution < -0.4 is 14.8 Å². The molecule has 1 atom stereocenters. The molecule has 0 aliphatic rings.